The number of hydrogen-bond donors (Lipinski definition) is 0. The highest BCUT2D eigenvalue weighted by molar-refractivity contribution is 6.10. The molecule has 0 aliphatic heterocycles. The van der Waals surface area contributed by atoms with Crippen molar-refractivity contribution in [3.63, 3.8) is 0 Å². The van der Waals surface area contributed by atoms with E-state index in [0.29, 0.717) is 0 Å². The first-order valence-corrected chi connectivity index (χ1v) is 19.7. The van der Waals surface area contributed by atoms with Crippen LogP contribution >= 0.6 is 0 Å². The second-order valence-electron chi connectivity index (χ2n) is 16.0. The molecule has 0 unspecified atom stereocenters. The Morgan fingerprint density at radius 3 is 1.47 bits per heavy atom. The molecule has 0 fully saturated rings. The number of para-hydroxylation sites is 2. The molecule has 10 aromatic rings. The Kier molecular flexibility index (Phi) is 8.42. The SMILES string of the molecule is CC(C)(C)c1cccc2c1oc1c(-c3ccc(-c4ccc(-c5cc(-c6ccccc6)nc(-c6ccc(-c7cccc8ccccc78)cc6)c5)cc4)cc3)cccc12. The topological polar surface area (TPSA) is 26.0 Å². The Bertz CT molecular complexity index is 3050. The third-order valence-electron chi connectivity index (χ3n) is 11.3. The first-order chi connectivity index (χ1) is 27.9. The third-order valence-corrected chi connectivity index (χ3v) is 11.3. The van der Waals surface area contributed by atoms with Crippen molar-refractivity contribution in [1.82, 2.24) is 4.98 Å². The van der Waals surface area contributed by atoms with Crippen molar-refractivity contribution in [2.45, 2.75) is 26.2 Å². The molecule has 57 heavy (non-hydrogen) atoms. The molecule has 0 spiro atoms. The van der Waals surface area contributed by atoms with E-state index in [1.54, 1.807) is 0 Å². The smallest absolute Gasteiger partial charge is 0.143 e. The predicted molar refractivity (Wildman–Crippen MR) is 240 cm³/mol. The summed E-state index contributed by atoms with van der Waals surface area (Å²) in [5.41, 5.74) is 16.5. The molecule has 2 heterocycles. The summed E-state index contributed by atoms with van der Waals surface area (Å²) in [6, 6.07) is 69.5. The van der Waals surface area contributed by atoms with Crippen LogP contribution in [0.1, 0.15) is 26.3 Å². The van der Waals surface area contributed by atoms with Gasteiger partial charge in [0.2, 0.25) is 0 Å². The molecule has 10 rings (SSSR count). The van der Waals surface area contributed by atoms with Gasteiger partial charge in [0.25, 0.3) is 0 Å². The number of fused-ring (bicyclic) bond motifs is 4. The molecule has 0 N–H and O–H groups in total. The third kappa shape index (κ3) is 6.40. The number of nitrogens with zero attached hydrogens (tertiary/aromatic N) is 1. The number of pyridine rings is 1. The standard InChI is InChI=1S/C55H41NO/c1-55(2,3)50-21-11-20-49-48-19-10-18-47(53(48)57-54(49)50)41-28-26-37(27-29-41)36-22-24-38(25-23-36)44-34-51(42-13-5-4-6-14-42)56-52(35-44)43-32-30-40(31-33-43)46-17-9-15-39-12-7-8-16-45(39)46/h4-35H,1-3H3. The Morgan fingerprint density at radius 1 is 0.351 bits per heavy atom. The van der Waals surface area contributed by atoms with Crippen LogP contribution in [0.5, 0.6) is 0 Å². The number of aromatic nitrogens is 1. The Hall–Kier alpha value is -7.03. The van der Waals surface area contributed by atoms with Crippen molar-refractivity contribution in [3.8, 4) is 67.0 Å². The maximum absolute atomic E-state index is 6.67. The molecule has 0 radical (unpaired) electrons. The lowest BCUT2D eigenvalue weighted by molar-refractivity contribution is 0.573. The lowest BCUT2D eigenvalue weighted by Crippen LogP contribution is -2.10. The summed E-state index contributed by atoms with van der Waals surface area (Å²) in [5.74, 6) is 0. The molecule has 0 bridgehead atoms. The second-order valence-corrected chi connectivity index (χ2v) is 16.0. The monoisotopic (exact) mass is 731 g/mol. The highest BCUT2D eigenvalue weighted by Crippen LogP contribution is 2.41. The maximum atomic E-state index is 6.67. The molecule has 0 atom stereocenters. The molecule has 0 saturated carbocycles. The van der Waals surface area contributed by atoms with E-state index in [1.165, 1.54) is 44.0 Å². The maximum Gasteiger partial charge on any atom is 0.143 e. The highest BCUT2D eigenvalue weighted by atomic mass is 16.3. The van der Waals surface area contributed by atoms with E-state index in [2.05, 4.69) is 209 Å². The minimum absolute atomic E-state index is 0.0138. The number of furan rings is 1. The van der Waals surface area contributed by atoms with Crippen LogP contribution in [0.4, 0.5) is 0 Å². The van der Waals surface area contributed by atoms with Crippen molar-refractivity contribution in [2.24, 2.45) is 0 Å². The van der Waals surface area contributed by atoms with E-state index in [0.717, 1.165) is 61.3 Å². The van der Waals surface area contributed by atoms with E-state index >= 15 is 0 Å². The largest absolute Gasteiger partial charge is 0.455 e. The van der Waals surface area contributed by atoms with Crippen molar-refractivity contribution in [1.29, 1.82) is 0 Å². The molecule has 2 aromatic heterocycles. The normalized spacial score (nSPS) is 11.8. The fraction of sp³-hybridized carbons (Fsp3) is 0.0727. The fourth-order valence-corrected chi connectivity index (χ4v) is 8.24. The van der Waals surface area contributed by atoms with Crippen molar-refractivity contribution < 1.29 is 4.42 Å². The number of hydrogen-bond acceptors (Lipinski definition) is 2. The lowest BCUT2D eigenvalue weighted by atomic mass is 9.86. The van der Waals surface area contributed by atoms with Gasteiger partial charge >= 0.3 is 0 Å². The molecule has 2 heteroatoms. The van der Waals surface area contributed by atoms with Gasteiger partial charge in [0.05, 0.1) is 11.4 Å². The summed E-state index contributed by atoms with van der Waals surface area (Å²) in [5, 5.41) is 4.83. The predicted octanol–water partition coefficient (Wildman–Crippen LogP) is 15.4. The van der Waals surface area contributed by atoms with E-state index in [9.17, 15) is 0 Å². The van der Waals surface area contributed by atoms with Gasteiger partial charge in [-0.15, -0.1) is 0 Å². The van der Waals surface area contributed by atoms with Crippen molar-refractivity contribution in [2.75, 3.05) is 0 Å². The van der Waals surface area contributed by atoms with Gasteiger partial charge in [-0.05, 0) is 67.3 Å². The second kappa shape index (κ2) is 13.9. The van der Waals surface area contributed by atoms with Gasteiger partial charge in [0.15, 0.2) is 0 Å². The van der Waals surface area contributed by atoms with E-state index in [-0.39, 0.29) is 5.41 Å². The summed E-state index contributed by atoms with van der Waals surface area (Å²) in [6.45, 7) is 6.72. The quantitative estimate of drug-likeness (QED) is 0.170. The van der Waals surface area contributed by atoms with Crippen LogP contribution in [0.15, 0.2) is 199 Å². The van der Waals surface area contributed by atoms with E-state index in [1.807, 2.05) is 6.07 Å². The average molecular weight is 732 g/mol. The van der Waals surface area contributed by atoms with E-state index in [4.69, 9.17) is 9.40 Å². The van der Waals surface area contributed by atoms with Gasteiger partial charge in [-0.1, -0.05) is 203 Å². The van der Waals surface area contributed by atoms with E-state index < -0.39 is 0 Å². The molecule has 0 aliphatic rings. The molecule has 272 valence electrons. The molecule has 2 nitrogen and oxygen atoms in total. The van der Waals surface area contributed by atoms with Crippen LogP contribution < -0.4 is 0 Å². The molecule has 0 saturated heterocycles. The first kappa shape index (κ1) is 34.5. The Morgan fingerprint density at radius 2 is 0.807 bits per heavy atom. The van der Waals surface area contributed by atoms with Crippen LogP contribution in [0.25, 0.3) is 99.7 Å². The zero-order valence-electron chi connectivity index (χ0n) is 32.3. The summed E-state index contributed by atoms with van der Waals surface area (Å²) in [6.07, 6.45) is 0. The van der Waals surface area contributed by atoms with Crippen molar-refractivity contribution in [3.05, 3.63) is 200 Å². The first-order valence-electron chi connectivity index (χ1n) is 19.7. The summed E-state index contributed by atoms with van der Waals surface area (Å²) in [4.78, 5) is 5.19. The molecule has 0 aliphatic carbocycles. The van der Waals surface area contributed by atoms with Crippen LogP contribution in [-0.4, -0.2) is 4.98 Å². The molecule has 8 aromatic carbocycles. The number of benzene rings is 8. The van der Waals surface area contributed by atoms with Gasteiger partial charge in [-0.25, -0.2) is 4.98 Å². The van der Waals surface area contributed by atoms with Crippen LogP contribution in [0.2, 0.25) is 0 Å². The van der Waals surface area contributed by atoms with Crippen molar-refractivity contribution >= 4 is 32.7 Å². The van der Waals surface area contributed by atoms with Gasteiger partial charge in [-0.3, -0.25) is 0 Å². The van der Waals surface area contributed by atoms with Gasteiger partial charge < -0.3 is 4.42 Å². The zero-order valence-corrected chi connectivity index (χ0v) is 32.3. The molecule has 0 amide bonds. The van der Waals surface area contributed by atoms with Crippen LogP contribution in [0.3, 0.4) is 0 Å². The number of rotatable bonds is 6. The fourth-order valence-electron chi connectivity index (χ4n) is 8.24. The minimum atomic E-state index is -0.0138. The lowest BCUT2D eigenvalue weighted by Gasteiger charge is -2.18. The van der Waals surface area contributed by atoms with Gasteiger partial charge in [0, 0.05) is 33.0 Å². The Labute approximate surface area is 333 Å². The van der Waals surface area contributed by atoms with Gasteiger partial charge in [0.1, 0.15) is 11.2 Å². The highest BCUT2D eigenvalue weighted by Gasteiger charge is 2.22. The summed E-state index contributed by atoms with van der Waals surface area (Å²) in [7, 11) is 0. The molecular formula is C55H41NO. The minimum Gasteiger partial charge on any atom is -0.455 e. The molecular weight excluding hydrogens is 691 g/mol. The van der Waals surface area contributed by atoms with Gasteiger partial charge in [-0.2, -0.15) is 0 Å². The summed E-state index contributed by atoms with van der Waals surface area (Å²) < 4.78 is 6.67. The average Bonchev–Trinajstić information content (AvgIpc) is 3.65. The van der Waals surface area contributed by atoms with Crippen LogP contribution in [-0.2, 0) is 5.41 Å². The summed E-state index contributed by atoms with van der Waals surface area (Å²) >= 11 is 0. The van der Waals surface area contributed by atoms with Crippen LogP contribution in [0, 0.1) is 0 Å². The zero-order chi connectivity index (χ0) is 38.5. The Balaban J connectivity index is 0.966.